The van der Waals surface area contributed by atoms with E-state index in [-0.39, 0.29) is 5.41 Å². The van der Waals surface area contributed by atoms with Crippen LogP contribution in [0.15, 0.2) is 83.6 Å². The lowest BCUT2D eigenvalue weighted by molar-refractivity contribution is 0.415. The highest BCUT2D eigenvalue weighted by atomic mass is 28.3. The van der Waals surface area contributed by atoms with E-state index in [1.807, 2.05) is 0 Å². The van der Waals surface area contributed by atoms with Crippen molar-refractivity contribution in [3.63, 3.8) is 0 Å². The lowest BCUT2D eigenvalue weighted by Crippen LogP contribution is -2.72. The van der Waals surface area contributed by atoms with Gasteiger partial charge in [-0.1, -0.05) is 113 Å². The maximum absolute atomic E-state index is 4.39. The molecule has 0 aliphatic heterocycles. The molecule has 2 aromatic rings. The second-order valence-corrected chi connectivity index (χ2v) is 13.3. The molecule has 0 atom stereocenters. The van der Waals surface area contributed by atoms with Crippen LogP contribution in [-0.2, 0) is 0 Å². The first kappa shape index (κ1) is 20.4. The van der Waals surface area contributed by atoms with Gasteiger partial charge in [0.25, 0.3) is 0 Å². The van der Waals surface area contributed by atoms with Crippen LogP contribution in [0, 0.1) is 5.41 Å². The summed E-state index contributed by atoms with van der Waals surface area (Å²) in [6, 6.07) is 23.3. The maximum atomic E-state index is 4.39. The van der Waals surface area contributed by atoms with Crippen molar-refractivity contribution in [2.75, 3.05) is 0 Å². The van der Waals surface area contributed by atoms with E-state index in [0.29, 0.717) is 6.04 Å². The molecule has 0 radical (unpaired) electrons. The van der Waals surface area contributed by atoms with Crippen LogP contribution < -0.4 is 15.4 Å². The van der Waals surface area contributed by atoms with Gasteiger partial charge in [-0.25, -0.2) is 0 Å². The lowest BCUT2D eigenvalue weighted by atomic mass is 9.87. The molecule has 2 aromatic carbocycles. The van der Waals surface area contributed by atoms with Gasteiger partial charge in [-0.3, -0.25) is 0 Å². The van der Waals surface area contributed by atoms with Gasteiger partial charge in [-0.15, -0.1) is 0 Å². The van der Waals surface area contributed by atoms with Gasteiger partial charge in [0.2, 0.25) is 8.24 Å². The van der Waals surface area contributed by atoms with Crippen LogP contribution in [0.3, 0.4) is 0 Å². The standard InChI is InChI=1S/C27H35NSi/c1-27(2,3)25-20-13-21-26(25)29(23-16-9-5-10-17-23,24-18-11-6-12-19-24)28-22-14-7-4-8-15-22/h5-6,9-13,16-20,22,28H,4,7-8,14-15,21H2,1-3H3. The second-order valence-electron chi connectivity index (χ2n) is 9.71. The minimum atomic E-state index is -2.31. The normalized spacial score (nSPS) is 18.4. The quantitative estimate of drug-likeness (QED) is 0.651. The van der Waals surface area contributed by atoms with E-state index in [2.05, 4.69) is 98.6 Å². The van der Waals surface area contributed by atoms with Crippen LogP contribution in [0.25, 0.3) is 0 Å². The van der Waals surface area contributed by atoms with Gasteiger partial charge in [-0.2, -0.15) is 0 Å². The highest BCUT2D eigenvalue weighted by Crippen LogP contribution is 2.38. The fourth-order valence-electron chi connectivity index (χ4n) is 5.26. The Balaban J connectivity index is 1.96. The zero-order valence-corrected chi connectivity index (χ0v) is 19.2. The third kappa shape index (κ3) is 4.06. The monoisotopic (exact) mass is 401 g/mol. The Morgan fingerprint density at radius 3 is 1.86 bits per heavy atom. The molecule has 2 aliphatic carbocycles. The van der Waals surface area contributed by atoms with Crippen molar-refractivity contribution in [1.29, 1.82) is 0 Å². The molecule has 1 N–H and O–H groups in total. The molecule has 0 bridgehead atoms. The largest absolute Gasteiger partial charge is 0.324 e. The zero-order chi connectivity index (χ0) is 20.3. The van der Waals surface area contributed by atoms with Gasteiger partial charge < -0.3 is 4.98 Å². The summed E-state index contributed by atoms with van der Waals surface area (Å²) in [5.41, 5.74) is 1.69. The Hall–Kier alpha value is -1.90. The first-order chi connectivity index (χ1) is 14.0. The van der Waals surface area contributed by atoms with Crippen molar-refractivity contribution in [3.05, 3.63) is 83.6 Å². The number of hydrogen-bond acceptors (Lipinski definition) is 1. The zero-order valence-electron chi connectivity index (χ0n) is 18.2. The first-order valence-corrected chi connectivity index (χ1v) is 13.3. The SMILES string of the molecule is CC(C)(C)C1=C([Si](NC2CCCCC2)(c2ccccc2)c2ccccc2)CC=C1. The summed E-state index contributed by atoms with van der Waals surface area (Å²) in [6.07, 6.45) is 12.6. The summed E-state index contributed by atoms with van der Waals surface area (Å²) in [4.78, 5) is 4.39. The highest BCUT2D eigenvalue weighted by Gasteiger charge is 2.45. The Bertz CT molecular complexity index is 828. The summed E-state index contributed by atoms with van der Waals surface area (Å²) >= 11 is 0. The van der Waals surface area contributed by atoms with Gasteiger partial charge in [0, 0.05) is 6.04 Å². The summed E-state index contributed by atoms with van der Waals surface area (Å²) < 4.78 is 0. The topological polar surface area (TPSA) is 12.0 Å². The molecule has 0 spiro atoms. The second kappa shape index (κ2) is 8.45. The van der Waals surface area contributed by atoms with Crippen molar-refractivity contribution in [3.8, 4) is 0 Å². The van der Waals surface area contributed by atoms with Crippen LogP contribution >= 0.6 is 0 Å². The summed E-state index contributed by atoms with van der Waals surface area (Å²) in [5, 5.41) is 4.66. The molecule has 0 amide bonds. The number of nitrogens with one attached hydrogen (secondary N) is 1. The fraction of sp³-hybridized carbons (Fsp3) is 0.407. The maximum Gasteiger partial charge on any atom is 0.219 e. The van der Waals surface area contributed by atoms with Crippen LogP contribution in [0.2, 0.25) is 0 Å². The number of benzene rings is 2. The molecule has 152 valence electrons. The van der Waals surface area contributed by atoms with Crippen molar-refractivity contribution in [2.24, 2.45) is 5.41 Å². The third-order valence-electron chi connectivity index (χ3n) is 6.63. The molecule has 29 heavy (non-hydrogen) atoms. The van der Waals surface area contributed by atoms with Crippen LogP contribution in [0.1, 0.15) is 59.3 Å². The molecule has 1 saturated carbocycles. The van der Waals surface area contributed by atoms with Gasteiger partial charge in [0.05, 0.1) is 0 Å². The van der Waals surface area contributed by atoms with Gasteiger partial charge in [-0.05, 0) is 45.8 Å². The molecule has 0 saturated heterocycles. The molecule has 4 rings (SSSR count). The Morgan fingerprint density at radius 1 is 0.793 bits per heavy atom. The average Bonchev–Trinajstić information content (AvgIpc) is 3.25. The summed E-state index contributed by atoms with van der Waals surface area (Å²) in [6.45, 7) is 7.11. The predicted octanol–water partition coefficient (Wildman–Crippen LogP) is 5.51. The minimum Gasteiger partial charge on any atom is -0.324 e. The Morgan fingerprint density at radius 2 is 1.34 bits per heavy atom. The smallest absolute Gasteiger partial charge is 0.219 e. The molecule has 0 unspecified atom stereocenters. The van der Waals surface area contributed by atoms with Crippen LogP contribution in [-0.4, -0.2) is 14.3 Å². The van der Waals surface area contributed by atoms with Crippen LogP contribution in [0.5, 0.6) is 0 Å². The molecule has 0 aromatic heterocycles. The van der Waals surface area contributed by atoms with E-state index in [9.17, 15) is 0 Å². The third-order valence-corrected chi connectivity index (χ3v) is 11.3. The molecule has 0 heterocycles. The molecular weight excluding hydrogens is 366 g/mol. The molecule has 2 aliphatic rings. The van der Waals surface area contributed by atoms with E-state index in [1.165, 1.54) is 42.5 Å². The van der Waals surface area contributed by atoms with E-state index < -0.39 is 8.24 Å². The minimum absolute atomic E-state index is 0.151. The van der Waals surface area contributed by atoms with E-state index in [0.717, 1.165) is 6.42 Å². The van der Waals surface area contributed by atoms with Gasteiger partial charge in [0.15, 0.2) is 0 Å². The molecule has 1 fully saturated rings. The number of rotatable bonds is 5. The predicted molar refractivity (Wildman–Crippen MR) is 128 cm³/mol. The van der Waals surface area contributed by atoms with Crippen molar-refractivity contribution < 1.29 is 0 Å². The van der Waals surface area contributed by atoms with Crippen molar-refractivity contribution in [1.82, 2.24) is 4.98 Å². The first-order valence-electron chi connectivity index (χ1n) is 11.3. The van der Waals surface area contributed by atoms with E-state index >= 15 is 0 Å². The van der Waals surface area contributed by atoms with Gasteiger partial charge in [0.1, 0.15) is 0 Å². The Labute approximate surface area is 178 Å². The van der Waals surface area contributed by atoms with Gasteiger partial charge >= 0.3 is 0 Å². The van der Waals surface area contributed by atoms with Crippen molar-refractivity contribution >= 4 is 18.6 Å². The van der Waals surface area contributed by atoms with Crippen molar-refractivity contribution in [2.45, 2.75) is 65.3 Å². The van der Waals surface area contributed by atoms with E-state index in [4.69, 9.17) is 0 Å². The number of hydrogen-bond donors (Lipinski definition) is 1. The number of allylic oxidation sites excluding steroid dienone is 4. The average molecular weight is 402 g/mol. The highest BCUT2D eigenvalue weighted by molar-refractivity contribution is 7.05. The molecule has 2 heteroatoms. The summed E-state index contributed by atoms with van der Waals surface area (Å²) in [5.74, 6) is 0. The molecular formula is C27H35NSi. The molecule has 1 nitrogen and oxygen atoms in total. The summed E-state index contributed by atoms with van der Waals surface area (Å²) in [7, 11) is -2.31. The fourth-order valence-corrected chi connectivity index (χ4v) is 10.4. The Kier molecular flexibility index (Phi) is 5.94. The lowest BCUT2D eigenvalue weighted by Gasteiger charge is -2.41. The van der Waals surface area contributed by atoms with E-state index in [1.54, 1.807) is 10.8 Å². The van der Waals surface area contributed by atoms with Crippen LogP contribution in [0.4, 0.5) is 0 Å².